The monoisotopic (exact) mass is 407 g/mol. The van der Waals surface area contributed by atoms with Gasteiger partial charge in [0.25, 0.3) is 0 Å². The zero-order valence-electron chi connectivity index (χ0n) is 15.1. The van der Waals surface area contributed by atoms with Gasteiger partial charge in [-0.3, -0.25) is 0 Å². The van der Waals surface area contributed by atoms with E-state index in [4.69, 9.17) is 4.74 Å². The number of fused-ring (bicyclic) bond motifs is 3. The summed E-state index contributed by atoms with van der Waals surface area (Å²) in [5.41, 5.74) is 3.48. The van der Waals surface area contributed by atoms with E-state index in [9.17, 15) is 4.79 Å². The minimum atomic E-state index is -0.450. The van der Waals surface area contributed by atoms with E-state index in [1.807, 2.05) is 25.7 Å². The van der Waals surface area contributed by atoms with Crippen LogP contribution in [0.2, 0.25) is 0 Å². The van der Waals surface area contributed by atoms with E-state index >= 15 is 0 Å². The van der Waals surface area contributed by atoms with E-state index in [1.54, 1.807) is 0 Å². The van der Waals surface area contributed by atoms with E-state index in [1.165, 1.54) is 16.9 Å². The van der Waals surface area contributed by atoms with Gasteiger partial charge in [-0.1, -0.05) is 15.9 Å². The predicted molar refractivity (Wildman–Crippen MR) is 104 cm³/mol. The Morgan fingerprint density at radius 2 is 2.12 bits per heavy atom. The third-order valence-electron chi connectivity index (χ3n) is 5.31. The van der Waals surface area contributed by atoms with Crippen molar-refractivity contribution in [3.63, 3.8) is 0 Å². The second-order valence-corrected chi connectivity index (χ2v) is 9.17. The zero-order valence-corrected chi connectivity index (χ0v) is 16.7. The van der Waals surface area contributed by atoms with Crippen molar-refractivity contribution in [2.75, 3.05) is 36.4 Å². The highest BCUT2D eigenvalue weighted by atomic mass is 79.9. The van der Waals surface area contributed by atoms with Crippen LogP contribution in [0.4, 0.5) is 16.2 Å². The lowest BCUT2D eigenvalue weighted by molar-refractivity contribution is 0.0189. The van der Waals surface area contributed by atoms with Gasteiger partial charge >= 0.3 is 6.09 Å². The molecule has 0 saturated carbocycles. The van der Waals surface area contributed by atoms with Crippen molar-refractivity contribution in [2.45, 2.75) is 51.2 Å². The molecule has 1 N–H and O–H groups in total. The molecule has 0 aromatic heterocycles. The third-order valence-corrected chi connectivity index (χ3v) is 5.77. The first-order valence-corrected chi connectivity index (χ1v) is 9.95. The van der Waals surface area contributed by atoms with Crippen LogP contribution in [-0.2, 0) is 4.74 Å². The molecule has 0 radical (unpaired) electrons. The molecule has 1 aromatic rings. The molecule has 3 aliphatic heterocycles. The normalized spacial score (nSPS) is 25.0. The maximum Gasteiger partial charge on any atom is 0.410 e. The van der Waals surface area contributed by atoms with Crippen molar-refractivity contribution >= 4 is 33.4 Å². The van der Waals surface area contributed by atoms with Crippen molar-refractivity contribution < 1.29 is 9.53 Å². The highest BCUT2D eigenvalue weighted by Crippen LogP contribution is 2.50. The standard InChI is InChI=1S/C19H26BrN3O2/c1-19(2,3)25-18(24)22-8-5-16-14(11-22)13-9-12(20)10-15-17(13)23(16)7-4-6-21-15/h9-10,14,16,21H,4-8,11H2,1-3H3/t14-,16-/m0/s1. The lowest BCUT2D eigenvalue weighted by atomic mass is 9.89. The van der Waals surface area contributed by atoms with E-state index in [0.717, 1.165) is 43.5 Å². The Labute approximate surface area is 157 Å². The quantitative estimate of drug-likeness (QED) is 0.700. The van der Waals surface area contributed by atoms with Crippen LogP contribution in [0.25, 0.3) is 0 Å². The fourth-order valence-electron chi connectivity index (χ4n) is 4.38. The van der Waals surface area contributed by atoms with Crippen LogP contribution in [0.15, 0.2) is 16.6 Å². The van der Waals surface area contributed by atoms with Gasteiger partial charge in [0.2, 0.25) is 0 Å². The average molecular weight is 408 g/mol. The molecule has 1 saturated heterocycles. The molecule has 6 heteroatoms. The molecule has 4 rings (SSSR count). The molecule has 25 heavy (non-hydrogen) atoms. The smallest absolute Gasteiger partial charge is 0.410 e. The van der Waals surface area contributed by atoms with Gasteiger partial charge in [-0.05, 0) is 51.3 Å². The lowest BCUT2D eigenvalue weighted by Crippen LogP contribution is -2.49. The van der Waals surface area contributed by atoms with Crippen LogP contribution in [-0.4, -0.2) is 48.8 Å². The summed E-state index contributed by atoms with van der Waals surface area (Å²) in [4.78, 5) is 17.0. The molecule has 0 unspecified atom stereocenters. The molecule has 0 aliphatic carbocycles. The first kappa shape index (κ1) is 17.0. The Balaban J connectivity index is 1.64. The number of hydrogen-bond acceptors (Lipinski definition) is 4. The summed E-state index contributed by atoms with van der Waals surface area (Å²) in [6.45, 7) is 9.37. The number of carbonyl (C=O) groups is 1. The van der Waals surface area contributed by atoms with Crippen molar-refractivity contribution in [3.05, 3.63) is 22.2 Å². The SMILES string of the molecule is CC(C)(C)OC(=O)N1CC[C@H]2[C@@H](C1)c1cc(Br)cc3c1N2CCCN3. The van der Waals surface area contributed by atoms with Gasteiger partial charge < -0.3 is 19.9 Å². The number of amides is 1. The minimum absolute atomic E-state index is 0.189. The largest absolute Gasteiger partial charge is 0.444 e. The molecule has 3 aliphatic rings. The van der Waals surface area contributed by atoms with Crippen LogP contribution in [0.3, 0.4) is 0 Å². The number of ether oxygens (including phenoxy) is 1. The number of halogens is 1. The number of nitrogens with zero attached hydrogens (tertiary/aromatic N) is 2. The Bertz CT molecular complexity index is 701. The Morgan fingerprint density at radius 1 is 1.32 bits per heavy atom. The Kier molecular flexibility index (Phi) is 4.13. The number of anilines is 2. The van der Waals surface area contributed by atoms with Crippen LogP contribution in [0.5, 0.6) is 0 Å². The molecule has 1 fully saturated rings. The van der Waals surface area contributed by atoms with Crippen molar-refractivity contribution in [1.82, 2.24) is 4.90 Å². The maximum atomic E-state index is 12.5. The summed E-state index contributed by atoms with van der Waals surface area (Å²) in [5.74, 6) is 0.354. The molecular weight excluding hydrogens is 382 g/mol. The number of likely N-dealkylation sites (tertiary alicyclic amines) is 1. The third kappa shape index (κ3) is 3.09. The molecule has 0 spiro atoms. The predicted octanol–water partition coefficient (Wildman–Crippen LogP) is 4.18. The second-order valence-electron chi connectivity index (χ2n) is 8.25. The van der Waals surface area contributed by atoms with Crippen LogP contribution in [0.1, 0.15) is 45.1 Å². The Morgan fingerprint density at radius 3 is 2.88 bits per heavy atom. The zero-order chi connectivity index (χ0) is 17.8. The first-order valence-electron chi connectivity index (χ1n) is 9.15. The van der Waals surface area contributed by atoms with Crippen molar-refractivity contribution in [1.29, 1.82) is 0 Å². The summed E-state index contributed by atoms with van der Waals surface area (Å²) >= 11 is 3.66. The summed E-state index contributed by atoms with van der Waals surface area (Å²) in [5, 5.41) is 3.58. The molecule has 5 nitrogen and oxygen atoms in total. The van der Waals surface area contributed by atoms with Gasteiger partial charge in [-0.15, -0.1) is 0 Å². The van der Waals surface area contributed by atoms with Crippen molar-refractivity contribution in [2.24, 2.45) is 0 Å². The molecule has 1 amide bonds. The number of carbonyl (C=O) groups excluding carboxylic acids is 1. The van der Waals surface area contributed by atoms with Gasteiger partial charge in [0.15, 0.2) is 0 Å². The summed E-state index contributed by atoms with van der Waals surface area (Å²) in [7, 11) is 0. The lowest BCUT2D eigenvalue weighted by Gasteiger charge is -2.39. The highest BCUT2D eigenvalue weighted by molar-refractivity contribution is 9.10. The average Bonchev–Trinajstić information content (AvgIpc) is 2.68. The van der Waals surface area contributed by atoms with E-state index < -0.39 is 5.60 Å². The summed E-state index contributed by atoms with van der Waals surface area (Å²) in [6, 6.07) is 4.91. The maximum absolute atomic E-state index is 12.5. The van der Waals surface area contributed by atoms with E-state index in [-0.39, 0.29) is 6.09 Å². The molecule has 3 heterocycles. The van der Waals surface area contributed by atoms with Gasteiger partial charge in [-0.2, -0.15) is 0 Å². The number of piperidine rings is 1. The molecule has 1 aromatic carbocycles. The molecule has 136 valence electrons. The van der Waals surface area contributed by atoms with Crippen molar-refractivity contribution in [3.8, 4) is 0 Å². The van der Waals surface area contributed by atoms with Crippen LogP contribution < -0.4 is 10.2 Å². The van der Waals surface area contributed by atoms with Gasteiger partial charge in [-0.25, -0.2) is 4.79 Å². The van der Waals surface area contributed by atoms with Gasteiger partial charge in [0.05, 0.1) is 11.4 Å². The summed E-state index contributed by atoms with van der Waals surface area (Å²) in [6.07, 6.45) is 1.95. The number of benzene rings is 1. The summed E-state index contributed by atoms with van der Waals surface area (Å²) < 4.78 is 6.70. The number of hydrogen-bond donors (Lipinski definition) is 1. The van der Waals surface area contributed by atoms with Crippen LogP contribution >= 0.6 is 15.9 Å². The first-order chi connectivity index (χ1) is 11.8. The fourth-order valence-corrected chi connectivity index (χ4v) is 4.86. The Hall–Kier alpha value is -1.43. The van der Waals surface area contributed by atoms with Gasteiger partial charge in [0, 0.05) is 42.6 Å². The van der Waals surface area contributed by atoms with E-state index in [0.29, 0.717) is 12.0 Å². The number of nitrogens with one attached hydrogen (secondary N) is 1. The molecule has 0 bridgehead atoms. The number of rotatable bonds is 0. The topological polar surface area (TPSA) is 44.8 Å². The highest BCUT2D eigenvalue weighted by Gasteiger charge is 2.45. The minimum Gasteiger partial charge on any atom is -0.444 e. The van der Waals surface area contributed by atoms with E-state index in [2.05, 4.69) is 38.3 Å². The molecular formula is C19H26BrN3O2. The fraction of sp³-hybridized carbons (Fsp3) is 0.632. The molecule has 2 atom stereocenters. The second kappa shape index (κ2) is 6.08. The van der Waals surface area contributed by atoms with Gasteiger partial charge in [0.1, 0.15) is 5.60 Å². The van der Waals surface area contributed by atoms with Crippen LogP contribution in [0, 0.1) is 0 Å².